The lowest BCUT2D eigenvalue weighted by Gasteiger charge is -2.03. The Hall–Kier alpha value is -1.08. The maximum Gasteiger partial charge on any atom is 0.0175 e. The van der Waals surface area contributed by atoms with Crippen LogP contribution in [0.2, 0.25) is 0 Å². The van der Waals surface area contributed by atoms with E-state index in [1.807, 2.05) is 6.07 Å². The van der Waals surface area contributed by atoms with Crippen LogP contribution in [-0.4, -0.2) is 0 Å². The second-order valence-corrected chi connectivity index (χ2v) is 4.54. The van der Waals surface area contributed by atoms with Crippen molar-refractivity contribution < 1.29 is 0 Å². The molecule has 2 rings (SSSR count). The van der Waals surface area contributed by atoms with Gasteiger partial charge in [-0.05, 0) is 42.2 Å². The third kappa shape index (κ3) is 2.93. The van der Waals surface area contributed by atoms with Gasteiger partial charge in [0.1, 0.15) is 0 Å². The lowest BCUT2D eigenvalue weighted by molar-refractivity contribution is 1.19. The molecule has 0 nitrogen and oxygen atoms in total. The predicted molar refractivity (Wildman–Crippen MR) is 67.8 cm³/mol. The van der Waals surface area contributed by atoms with Gasteiger partial charge in [-0.1, -0.05) is 52.3 Å². The van der Waals surface area contributed by atoms with Crippen LogP contribution in [0.15, 0.2) is 53.0 Å². The molecule has 0 N–H and O–H groups in total. The molecule has 0 unspecified atom stereocenters. The SMILES string of the molecule is [CH2]c1cccc(Cc2ccc(Br)cc2)c1. The molecule has 2 aromatic carbocycles. The van der Waals surface area contributed by atoms with Crippen molar-refractivity contribution in [3.63, 3.8) is 0 Å². The van der Waals surface area contributed by atoms with Gasteiger partial charge in [-0.2, -0.15) is 0 Å². The van der Waals surface area contributed by atoms with E-state index in [4.69, 9.17) is 0 Å². The molecule has 0 saturated carbocycles. The van der Waals surface area contributed by atoms with E-state index in [0.29, 0.717) is 0 Å². The summed E-state index contributed by atoms with van der Waals surface area (Å²) in [6, 6.07) is 16.8. The standard InChI is InChI=1S/C14H12Br/c1-11-3-2-4-13(9-11)10-12-5-7-14(15)8-6-12/h2-9H,1,10H2. The molecule has 0 aliphatic rings. The zero-order valence-electron chi connectivity index (χ0n) is 8.41. The second kappa shape index (κ2) is 4.63. The molecular formula is C14H12Br. The Morgan fingerprint density at radius 1 is 0.933 bits per heavy atom. The number of halogens is 1. The van der Waals surface area contributed by atoms with Crippen LogP contribution in [0, 0.1) is 6.92 Å². The molecule has 0 atom stereocenters. The predicted octanol–water partition coefficient (Wildman–Crippen LogP) is 4.22. The number of hydrogen-bond donors (Lipinski definition) is 0. The van der Waals surface area contributed by atoms with Gasteiger partial charge in [0.2, 0.25) is 0 Å². The highest BCUT2D eigenvalue weighted by Gasteiger charge is 1.96. The highest BCUT2D eigenvalue weighted by molar-refractivity contribution is 9.10. The molecule has 0 heterocycles. The lowest BCUT2D eigenvalue weighted by Crippen LogP contribution is -1.88. The smallest absolute Gasteiger partial charge is 0.0175 e. The molecule has 0 aliphatic heterocycles. The molecule has 0 aromatic heterocycles. The summed E-state index contributed by atoms with van der Waals surface area (Å²) < 4.78 is 1.12. The highest BCUT2D eigenvalue weighted by Crippen LogP contribution is 2.14. The van der Waals surface area contributed by atoms with E-state index < -0.39 is 0 Å². The van der Waals surface area contributed by atoms with Gasteiger partial charge in [-0.25, -0.2) is 0 Å². The molecule has 0 amide bonds. The van der Waals surface area contributed by atoms with Crippen LogP contribution < -0.4 is 0 Å². The van der Waals surface area contributed by atoms with Crippen molar-refractivity contribution in [3.05, 3.63) is 76.6 Å². The topological polar surface area (TPSA) is 0 Å². The van der Waals surface area contributed by atoms with Crippen LogP contribution in [0.4, 0.5) is 0 Å². The molecule has 0 aliphatic carbocycles. The summed E-state index contributed by atoms with van der Waals surface area (Å²) in [4.78, 5) is 0. The van der Waals surface area contributed by atoms with Gasteiger partial charge in [0, 0.05) is 4.47 Å². The van der Waals surface area contributed by atoms with E-state index in [2.05, 4.69) is 65.3 Å². The lowest BCUT2D eigenvalue weighted by atomic mass is 10.0. The van der Waals surface area contributed by atoms with Crippen molar-refractivity contribution in [3.8, 4) is 0 Å². The van der Waals surface area contributed by atoms with Crippen molar-refractivity contribution in [2.75, 3.05) is 0 Å². The van der Waals surface area contributed by atoms with Gasteiger partial charge in [-0.15, -0.1) is 0 Å². The Kier molecular flexibility index (Phi) is 3.22. The molecule has 0 fully saturated rings. The molecule has 0 bridgehead atoms. The fourth-order valence-electron chi connectivity index (χ4n) is 1.58. The van der Waals surface area contributed by atoms with Gasteiger partial charge >= 0.3 is 0 Å². The van der Waals surface area contributed by atoms with Crippen LogP contribution >= 0.6 is 15.9 Å². The van der Waals surface area contributed by atoms with E-state index in [1.165, 1.54) is 11.1 Å². The highest BCUT2D eigenvalue weighted by atomic mass is 79.9. The van der Waals surface area contributed by atoms with Gasteiger partial charge in [0.25, 0.3) is 0 Å². The average Bonchev–Trinajstić information content (AvgIpc) is 2.22. The Labute approximate surface area is 99.1 Å². The summed E-state index contributed by atoms with van der Waals surface area (Å²) in [7, 11) is 0. The van der Waals surface area contributed by atoms with Crippen molar-refractivity contribution in [1.82, 2.24) is 0 Å². The third-order valence-electron chi connectivity index (χ3n) is 2.31. The minimum atomic E-state index is 0.969. The Morgan fingerprint density at radius 3 is 2.33 bits per heavy atom. The normalized spacial score (nSPS) is 10.3. The summed E-state index contributed by atoms with van der Waals surface area (Å²) in [5.41, 5.74) is 3.71. The van der Waals surface area contributed by atoms with Crippen molar-refractivity contribution in [2.45, 2.75) is 6.42 Å². The summed E-state index contributed by atoms with van der Waals surface area (Å²) in [5.74, 6) is 0. The van der Waals surface area contributed by atoms with Crippen LogP contribution in [-0.2, 0) is 6.42 Å². The van der Waals surface area contributed by atoms with Gasteiger partial charge in [-0.3, -0.25) is 0 Å². The van der Waals surface area contributed by atoms with Crippen LogP contribution in [0.3, 0.4) is 0 Å². The first kappa shape index (κ1) is 10.4. The third-order valence-corrected chi connectivity index (χ3v) is 2.84. The summed E-state index contributed by atoms with van der Waals surface area (Å²) in [5, 5.41) is 0. The first-order valence-electron chi connectivity index (χ1n) is 4.89. The molecule has 0 spiro atoms. The largest absolute Gasteiger partial charge is 0.0617 e. The maximum atomic E-state index is 3.93. The molecule has 2 aromatic rings. The zero-order chi connectivity index (χ0) is 10.7. The van der Waals surface area contributed by atoms with E-state index in [1.54, 1.807) is 0 Å². The molecule has 75 valence electrons. The summed E-state index contributed by atoms with van der Waals surface area (Å²) >= 11 is 3.43. The molecular weight excluding hydrogens is 248 g/mol. The second-order valence-electron chi connectivity index (χ2n) is 3.62. The number of rotatable bonds is 2. The van der Waals surface area contributed by atoms with E-state index in [-0.39, 0.29) is 0 Å². The van der Waals surface area contributed by atoms with Crippen molar-refractivity contribution in [1.29, 1.82) is 0 Å². The molecule has 1 radical (unpaired) electrons. The van der Waals surface area contributed by atoms with Crippen LogP contribution in [0.25, 0.3) is 0 Å². The molecule has 1 heteroatoms. The fourth-order valence-corrected chi connectivity index (χ4v) is 1.84. The first-order valence-corrected chi connectivity index (χ1v) is 5.69. The monoisotopic (exact) mass is 259 g/mol. The summed E-state index contributed by atoms with van der Waals surface area (Å²) in [6.07, 6.45) is 0.969. The average molecular weight is 260 g/mol. The Balaban J connectivity index is 2.18. The quantitative estimate of drug-likeness (QED) is 0.758. The van der Waals surface area contributed by atoms with Gasteiger partial charge in [0.15, 0.2) is 0 Å². The molecule has 0 saturated heterocycles. The Morgan fingerprint density at radius 2 is 1.67 bits per heavy atom. The van der Waals surface area contributed by atoms with Crippen molar-refractivity contribution >= 4 is 15.9 Å². The van der Waals surface area contributed by atoms with Crippen LogP contribution in [0.5, 0.6) is 0 Å². The summed E-state index contributed by atoms with van der Waals surface area (Å²) in [6.45, 7) is 3.93. The van der Waals surface area contributed by atoms with Gasteiger partial charge < -0.3 is 0 Å². The maximum absolute atomic E-state index is 3.93. The van der Waals surface area contributed by atoms with Crippen LogP contribution in [0.1, 0.15) is 16.7 Å². The minimum absolute atomic E-state index is 0.969. The molecule has 15 heavy (non-hydrogen) atoms. The first-order chi connectivity index (χ1) is 7.24. The number of benzene rings is 2. The van der Waals surface area contributed by atoms with E-state index in [0.717, 1.165) is 16.5 Å². The van der Waals surface area contributed by atoms with Crippen molar-refractivity contribution in [2.24, 2.45) is 0 Å². The number of hydrogen-bond acceptors (Lipinski definition) is 0. The van der Waals surface area contributed by atoms with E-state index >= 15 is 0 Å². The van der Waals surface area contributed by atoms with Gasteiger partial charge in [0.05, 0.1) is 0 Å². The minimum Gasteiger partial charge on any atom is -0.0617 e. The Bertz CT molecular complexity index is 443. The van der Waals surface area contributed by atoms with E-state index in [9.17, 15) is 0 Å². The fraction of sp³-hybridized carbons (Fsp3) is 0.0714. The zero-order valence-corrected chi connectivity index (χ0v) is 10.00.